The Morgan fingerprint density at radius 3 is 2.86 bits per heavy atom. The third-order valence-electron chi connectivity index (χ3n) is 2.70. The molecule has 0 radical (unpaired) electrons. The molecule has 1 aliphatic carbocycles. The lowest BCUT2D eigenvalue weighted by molar-refractivity contribution is -0.149. The Labute approximate surface area is 83.4 Å². The lowest BCUT2D eigenvalue weighted by atomic mass is 9.74. The first-order chi connectivity index (χ1) is 6.48. The van der Waals surface area contributed by atoms with E-state index >= 15 is 0 Å². The van der Waals surface area contributed by atoms with Gasteiger partial charge in [0, 0.05) is 5.57 Å². The van der Waals surface area contributed by atoms with E-state index in [1.165, 1.54) is 0 Å². The summed E-state index contributed by atoms with van der Waals surface area (Å²) in [6.45, 7) is 3.37. The number of allylic oxidation sites excluding steroid dienone is 4. The van der Waals surface area contributed by atoms with Gasteiger partial charge in [0.2, 0.25) is 0 Å². The van der Waals surface area contributed by atoms with Gasteiger partial charge < -0.3 is 5.11 Å². The first kappa shape index (κ1) is 10.5. The molecule has 0 aliphatic heterocycles. The number of rotatable bonds is 2. The van der Waals surface area contributed by atoms with Crippen LogP contribution in [-0.4, -0.2) is 11.1 Å². The number of aliphatic carboxylic acids is 1. The summed E-state index contributed by atoms with van der Waals surface area (Å²) in [6.07, 6.45) is 5.87. The Morgan fingerprint density at radius 2 is 2.36 bits per heavy atom. The van der Waals surface area contributed by atoms with Crippen molar-refractivity contribution in [1.82, 2.24) is 0 Å². The normalized spacial score (nSPS) is 21.2. The average Bonchev–Trinajstić information content (AvgIpc) is 2.17. The van der Waals surface area contributed by atoms with Crippen LogP contribution in [0.2, 0.25) is 0 Å². The van der Waals surface area contributed by atoms with E-state index in [1.54, 1.807) is 26.0 Å². The van der Waals surface area contributed by atoms with Gasteiger partial charge in [0.25, 0.3) is 0 Å². The first-order valence-corrected chi connectivity index (χ1v) is 4.49. The SMILES string of the molecule is CC(C)(C(=O)O)C1C=CC=C(C#N)C1. The van der Waals surface area contributed by atoms with Crippen molar-refractivity contribution in [1.29, 1.82) is 5.26 Å². The predicted octanol–water partition coefficient (Wildman–Crippen LogP) is 2.12. The van der Waals surface area contributed by atoms with E-state index < -0.39 is 11.4 Å². The van der Waals surface area contributed by atoms with E-state index in [-0.39, 0.29) is 5.92 Å². The Balaban J connectivity index is 2.85. The maximum Gasteiger partial charge on any atom is 0.309 e. The molecule has 0 fully saturated rings. The minimum absolute atomic E-state index is 0.0975. The summed E-state index contributed by atoms with van der Waals surface area (Å²) in [5.41, 5.74) is -0.167. The molecule has 0 bridgehead atoms. The highest BCUT2D eigenvalue weighted by Gasteiger charge is 2.36. The second kappa shape index (κ2) is 3.67. The summed E-state index contributed by atoms with van der Waals surface area (Å²) in [7, 11) is 0. The Hall–Kier alpha value is -1.56. The molecule has 74 valence electrons. The fourth-order valence-corrected chi connectivity index (χ4v) is 1.42. The van der Waals surface area contributed by atoms with Crippen LogP contribution in [0.25, 0.3) is 0 Å². The molecule has 0 aromatic carbocycles. The number of carboxylic acids is 1. The van der Waals surface area contributed by atoms with Gasteiger partial charge in [0.1, 0.15) is 0 Å². The molecule has 3 nitrogen and oxygen atoms in total. The minimum Gasteiger partial charge on any atom is -0.481 e. The monoisotopic (exact) mass is 191 g/mol. The number of hydrogen-bond donors (Lipinski definition) is 1. The van der Waals surface area contributed by atoms with Crippen molar-refractivity contribution in [2.24, 2.45) is 11.3 Å². The third kappa shape index (κ3) is 1.85. The number of carboxylic acid groups (broad SMARTS) is 1. The van der Waals surface area contributed by atoms with Crippen molar-refractivity contribution in [3.05, 3.63) is 23.8 Å². The van der Waals surface area contributed by atoms with Crippen molar-refractivity contribution >= 4 is 5.97 Å². The van der Waals surface area contributed by atoms with E-state index in [4.69, 9.17) is 10.4 Å². The fraction of sp³-hybridized carbons (Fsp3) is 0.455. The fourth-order valence-electron chi connectivity index (χ4n) is 1.42. The van der Waals surface area contributed by atoms with E-state index in [9.17, 15) is 4.79 Å². The molecule has 1 unspecified atom stereocenters. The third-order valence-corrected chi connectivity index (χ3v) is 2.70. The van der Waals surface area contributed by atoms with Crippen LogP contribution < -0.4 is 0 Å². The summed E-state index contributed by atoms with van der Waals surface area (Å²) in [5.74, 6) is -0.925. The van der Waals surface area contributed by atoms with Gasteiger partial charge in [-0.25, -0.2) is 0 Å². The zero-order valence-electron chi connectivity index (χ0n) is 8.32. The molecule has 1 atom stereocenters. The van der Waals surface area contributed by atoms with Crippen LogP contribution in [0, 0.1) is 22.7 Å². The number of carbonyl (C=O) groups is 1. The molecule has 3 heteroatoms. The maximum atomic E-state index is 11.0. The molecule has 14 heavy (non-hydrogen) atoms. The Bertz CT molecular complexity index is 345. The van der Waals surface area contributed by atoms with Crippen molar-refractivity contribution < 1.29 is 9.90 Å². The predicted molar refractivity (Wildman–Crippen MR) is 52.4 cm³/mol. The van der Waals surface area contributed by atoms with E-state index in [2.05, 4.69) is 6.07 Å². The first-order valence-electron chi connectivity index (χ1n) is 4.49. The van der Waals surface area contributed by atoms with E-state index in [0.29, 0.717) is 12.0 Å². The molecule has 0 heterocycles. The van der Waals surface area contributed by atoms with Gasteiger partial charge in [-0.1, -0.05) is 12.2 Å². The van der Waals surface area contributed by atoms with Gasteiger partial charge in [-0.3, -0.25) is 4.79 Å². The second-order valence-corrected chi connectivity index (χ2v) is 4.03. The molecule has 0 saturated carbocycles. The van der Waals surface area contributed by atoms with Crippen LogP contribution in [0.5, 0.6) is 0 Å². The molecular weight excluding hydrogens is 178 g/mol. The van der Waals surface area contributed by atoms with Crippen molar-refractivity contribution in [3.8, 4) is 6.07 Å². The minimum atomic E-state index is -0.827. The molecular formula is C11H13NO2. The Morgan fingerprint density at radius 1 is 1.71 bits per heavy atom. The van der Waals surface area contributed by atoms with Crippen molar-refractivity contribution in [2.45, 2.75) is 20.3 Å². The van der Waals surface area contributed by atoms with Crippen LogP contribution in [0.1, 0.15) is 20.3 Å². The zero-order valence-corrected chi connectivity index (χ0v) is 8.32. The molecule has 0 aromatic heterocycles. The van der Waals surface area contributed by atoms with Gasteiger partial charge in [0.15, 0.2) is 0 Å². The maximum absolute atomic E-state index is 11.0. The van der Waals surface area contributed by atoms with Crippen LogP contribution in [0.3, 0.4) is 0 Å². The van der Waals surface area contributed by atoms with Crippen molar-refractivity contribution in [3.63, 3.8) is 0 Å². The highest BCUT2D eigenvalue weighted by Crippen LogP contribution is 2.35. The topological polar surface area (TPSA) is 61.1 Å². The molecule has 1 rings (SSSR count). The van der Waals surface area contributed by atoms with Crippen LogP contribution >= 0.6 is 0 Å². The van der Waals surface area contributed by atoms with Gasteiger partial charge in [-0.05, 0) is 32.3 Å². The number of nitriles is 1. The standard InChI is InChI=1S/C11H13NO2/c1-11(2,10(13)14)9-5-3-4-8(6-9)7-12/h3-5,9H,6H2,1-2H3,(H,13,14). The second-order valence-electron chi connectivity index (χ2n) is 4.03. The number of hydrogen-bond acceptors (Lipinski definition) is 2. The molecule has 0 saturated heterocycles. The quantitative estimate of drug-likeness (QED) is 0.727. The summed E-state index contributed by atoms with van der Waals surface area (Å²) in [6, 6.07) is 2.06. The largest absolute Gasteiger partial charge is 0.481 e. The van der Waals surface area contributed by atoms with Crippen molar-refractivity contribution in [2.75, 3.05) is 0 Å². The summed E-state index contributed by atoms with van der Waals surface area (Å²) >= 11 is 0. The molecule has 1 N–H and O–H groups in total. The van der Waals surface area contributed by atoms with Gasteiger partial charge in [-0.15, -0.1) is 0 Å². The van der Waals surface area contributed by atoms with Gasteiger partial charge >= 0.3 is 5.97 Å². The highest BCUT2D eigenvalue weighted by atomic mass is 16.4. The van der Waals surface area contributed by atoms with E-state index in [0.717, 1.165) is 0 Å². The lowest BCUT2D eigenvalue weighted by Gasteiger charge is -2.29. The summed E-state index contributed by atoms with van der Waals surface area (Å²) in [4.78, 5) is 11.0. The summed E-state index contributed by atoms with van der Waals surface area (Å²) in [5, 5.41) is 17.7. The lowest BCUT2D eigenvalue weighted by Crippen LogP contribution is -2.32. The highest BCUT2D eigenvalue weighted by molar-refractivity contribution is 5.74. The van der Waals surface area contributed by atoms with Crippen LogP contribution in [-0.2, 0) is 4.79 Å². The zero-order chi connectivity index (χ0) is 10.8. The average molecular weight is 191 g/mol. The van der Waals surface area contributed by atoms with Crippen LogP contribution in [0.4, 0.5) is 0 Å². The molecule has 0 spiro atoms. The molecule has 0 amide bonds. The summed E-state index contributed by atoms with van der Waals surface area (Å²) < 4.78 is 0. The smallest absolute Gasteiger partial charge is 0.309 e. The Kier molecular flexibility index (Phi) is 2.76. The molecule has 0 aromatic rings. The number of nitrogens with zero attached hydrogens (tertiary/aromatic N) is 1. The molecule has 1 aliphatic rings. The van der Waals surface area contributed by atoms with Crippen LogP contribution in [0.15, 0.2) is 23.8 Å². The van der Waals surface area contributed by atoms with Gasteiger partial charge in [-0.2, -0.15) is 5.26 Å². The van der Waals surface area contributed by atoms with Gasteiger partial charge in [0.05, 0.1) is 11.5 Å². The van der Waals surface area contributed by atoms with E-state index in [1.807, 2.05) is 6.08 Å².